The van der Waals surface area contributed by atoms with Gasteiger partial charge in [-0.2, -0.15) is 0 Å². The van der Waals surface area contributed by atoms with Crippen LogP contribution in [-0.2, 0) is 4.74 Å². The van der Waals surface area contributed by atoms with E-state index >= 15 is 0 Å². The number of nitrogens with zero attached hydrogens (tertiary/aromatic N) is 1. The predicted molar refractivity (Wildman–Crippen MR) is 68.8 cm³/mol. The van der Waals surface area contributed by atoms with Crippen LogP contribution in [0.2, 0.25) is 0 Å². The van der Waals surface area contributed by atoms with Crippen molar-refractivity contribution in [2.75, 3.05) is 33.9 Å². The molecule has 0 aromatic heterocycles. The molecule has 1 fully saturated rings. The Kier molecular flexibility index (Phi) is 6.32. The third kappa shape index (κ3) is 5.83. The quantitative estimate of drug-likeness (QED) is 0.749. The van der Waals surface area contributed by atoms with Crippen LogP contribution in [0, 0.1) is 5.92 Å². The van der Waals surface area contributed by atoms with Gasteiger partial charge in [0.2, 0.25) is 0 Å². The van der Waals surface area contributed by atoms with Crippen LogP contribution in [0.4, 0.5) is 0 Å². The summed E-state index contributed by atoms with van der Waals surface area (Å²) in [4.78, 5) is 2.27. The van der Waals surface area contributed by atoms with Gasteiger partial charge in [-0.25, -0.2) is 0 Å². The van der Waals surface area contributed by atoms with Crippen molar-refractivity contribution < 1.29 is 4.74 Å². The fourth-order valence-corrected chi connectivity index (χ4v) is 2.41. The summed E-state index contributed by atoms with van der Waals surface area (Å²) in [5.41, 5.74) is 0. The maximum Gasteiger partial charge on any atom is 0.0619 e. The number of nitrogens with one attached hydrogen (secondary N) is 1. The minimum Gasteiger partial charge on any atom is -0.380 e. The average molecular weight is 228 g/mol. The molecule has 0 aromatic carbocycles. The summed E-state index contributed by atoms with van der Waals surface area (Å²) in [6, 6.07) is 1.17. The number of hydrogen-bond donors (Lipinski definition) is 1. The van der Waals surface area contributed by atoms with E-state index in [4.69, 9.17) is 4.74 Å². The largest absolute Gasteiger partial charge is 0.380 e. The van der Waals surface area contributed by atoms with Gasteiger partial charge in [0.15, 0.2) is 0 Å². The zero-order valence-electron chi connectivity index (χ0n) is 11.3. The van der Waals surface area contributed by atoms with Gasteiger partial charge in [0.25, 0.3) is 0 Å². The summed E-state index contributed by atoms with van der Waals surface area (Å²) >= 11 is 0. The second kappa shape index (κ2) is 7.25. The zero-order valence-corrected chi connectivity index (χ0v) is 11.3. The van der Waals surface area contributed by atoms with Crippen molar-refractivity contribution in [2.24, 2.45) is 5.92 Å². The normalized spacial score (nSPS) is 24.0. The molecule has 3 nitrogen and oxygen atoms in total. The van der Waals surface area contributed by atoms with Crippen molar-refractivity contribution in [1.82, 2.24) is 10.2 Å². The topological polar surface area (TPSA) is 24.5 Å². The summed E-state index contributed by atoms with van der Waals surface area (Å²) in [5.74, 6) is 0.752. The first-order chi connectivity index (χ1) is 7.58. The highest BCUT2D eigenvalue weighted by Crippen LogP contribution is 2.11. The predicted octanol–water partition coefficient (Wildman–Crippen LogP) is 1.73. The van der Waals surface area contributed by atoms with Crippen LogP contribution in [0.5, 0.6) is 0 Å². The fourth-order valence-electron chi connectivity index (χ4n) is 2.41. The molecule has 16 heavy (non-hydrogen) atoms. The maximum atomic E-state index is 5.52. The second-order valence-corrected chi connectivity index (χ2v) is 5.67. The van der Waals surface area contributed by atoms with Crippen molar-refractivity contribution >= 4 is 0 Å². The lowest BCUT2D eigenvalue weighted by Gasteiger charge is -2.31. The van der Waals surface area contributed by atoms with Gasteiger partial charge in [-0.3, -0.25) is 0 Å². The Balaban J connectivity index is 2.35. The molecule has 96 valence electrons. The van der Waals surface area contributed by atoms with Crippen LogP contribution >= 0.6 is 0 Å². The Morgan fingerprint density at radius 2 is 2.12 bits per heavy atom. The minimum absolute atomic E-state index is 0.567. The Morgan fingerprint density at radius 3 is 2.62 bits per heavy atom. The van der Waals surface area contributed by atoms with Crippen molar-refractivity contribution in [3.8, 4) is 0 Å². The SMILES string of the molecule is CC(C)CC(CN(C)C)NC1CCCOC1. The van der Waals surface area contributed by atoms with Gasteiger partial charge in [0, 0.05) is 25.2 Å². The molecule has 0 spiro atoms. The van der Waals surface area contributed by atoms with E-state index in [0.29, 0.717) is 12.1 Å². The molecule has 1 saturated heterocycles. The molecule has 0 bridgehead atoms. The van der Waals surface area contributed by atoms with E-state index in [9.17, 15) is 0 Å². The lowest BCUT2D eigenvalue weighted by atomic mass is 10.0. The van der Waals surface area contributed by atoms with Crippen LogP contribution in [0.15, 0.2) is 0 Å². The highest BCUT2D eigenvalue weighted by Gasteiger charge is 2.19. The highest BCUT2D eigenvalue weighted by molar-refractivity contribution is 4.78. The lowest BCUT2D eigenvalue weighted by molar-refractivity contribution is 0.0636. The number of hydrogen-bond acceptors (Lipinski definition) is 3. The highest BCUT2D eigenvalue weighted by atomic mass is 16.5. The van der Waals surface area contributed by atoms with E-state index in [2.05, 4.69) is 38.2 Å². The molecule has 1 rings (SSSR count). The molecular weight excluding hydrogens is 200 g/mol. The van der Waals surface area contributed by atoms with Crippen molar-refractivity contribution in [2.45, 2.75) is 45.2 Å². The third-order valence-corrected chi connectivity index (χ3v) is 2.97. The van der Waals surface area contributed by atoms with Gasteiger partial charge in [-0.05, 0) is 39.3 Å². The molecule has 1 aliphatic heterocycles. The van der Waals surface area contributed by atoms with E-state index in [-0.39, 0.29) is 0 Å². The van der Waals surface area contributed by atoms with Crippen LogP contribution in [0.3, 0.4) is 0 Å². The summed E-state index contributed by atoms with van der Waals surface area (Å²) in [6.45, 7) is 7.54. The standard InChI is InChI=1S/C13H28N2O/c1-11(2)8-13(9-15(3)4)14-12-6-5-7-16-10-12/h11-14H,5-10H2,1-4H3. The Morgan fingerprint density at radius 1 is 1.38 bits per heavy atom. The lowest BCUT2D eigenvalue weighted by Crippen LogP contribution is -2.47. The van der Waals surface area contributed by atoms with E-state index < -0.39 is 0 Å². The zero-order chi connectivity index (χ0) is 12.0. The molecule has 3 heteroatoms. The van der Waals surface area contributed by atoms with E-state index in [1.54, 1.807) is 0 Å². The van der Waals surface area contributed by atoms with Crippen molar-refractivity contribution in [1.29, 1.82) is 0 Å². The molecule has 0 saturated carbocycles. The Hall–Kier alpha value is -0.120. The second-order valence-electron chi connectivity index (χ2n) is 5.67. The summed E-state index contributed by atoms with van der Waals surface area (Å²) in [7, 11) is 4.29. The summed E-state index contributed by atoms with van der Waals surface area (Å²) < 4.78 is 5.52. The first kappa shape index (κ1) is 13.9. The van der Waals surface area contributed by atoms with Crippen molar-refractivity contribution in [3.63, 3.8) is 0 Å². The van der Waals surface area contributed by atoms with Crippen LogP contribution in [0.25, 0.3) is 0 Å². The van der Waals surface area contributed by atoms with Gasteiger partial charge < -0.3 is 15.0 Å². The molecule has 2 atom stereocenters. The number of likely N-dealkylation sites (N-methyl/N-ethyl adjacent to an activating group) is 1. The van der Waals surface area contributed by atoms with E-state index in [1.165, 1.54) is 19.3 Å². The maximum absolute atomic E-state index is 5.52. The first-order valence-corrected chi connectivity index (χ1v) is 6.56. The van der Waals surface area contributed by atoms with Gasteiger partial charge >= 0.3 is 0 Å². The Bertz CT molecular complexity index is 167. The monoisotopic (exact) mass is 228 g/mol. The molecule has 0 aromatic rings. The van der Waals surface area contributed by atoms with Gasteiger partial charge in [0.05, 0.1) is 6.61 Å². The summed E-state index contributed by atoms with van der Waals surface area (Å²) in [6.07, 6.45) is 3.71. The van der Waals surface area contributed by atoms with Gasteiger partial charge in [0.1, 0.15) is 0 Å². The van der Waals surface area contributed by atoms with Gasteiger partial charge in [-0.15, -0.1) is 0 Å². The van der Waals surface area contributed by atoms with E-state index in [1.807, 2.05) is 0 Å². The number of ether oxygens (including phenoxy) is 1. The molecule has 0 radical (unpaired) electrons. The van der Waals surface area contributed by atoms with Crippen LogP contribution in [-0.4, -0.2) is 50.8 Å². The number of rotatable bonds is 6. The fraction of sp³-hybridized carbons (Fsp3) is 1.00. The molecule has 0 amide bonds. The molecule has 1 N–H and O–H groups in total. The summed E-state index contributed by atoms with van der Waals surface area (Å²) in [5, 5.41) is 3.75. The third-order valence-electron chi connectivity index (χ3n) is 2.97. The van der Waals surface area contributed by atoms with Gasteiger partial charge in [-0.1, -0.05) is 13.8 Å². The van der Waals surface area contributed by atoms with E-state index in [0.717, 1.165) is 25.7 Å². The molecular formula is C13H28N2O. The first-order valence-electron chi connectivity index (χ1n) is 6.56. The smallest absolute Gasteiger partial charge is 0.0619 e. The molecule has 1 heterocycles. The molecule has 0 aliphatic carbocycles. The van der Waals surface area contributed by atoms with Crippen LogP contribution < -0.4 is 5.32 Å². The Labute approximate surface area is 101 Å². The van der Waals surface area contributed by atoms with Crippen LogP contribution in [0.1, 0.15) is 33.1 Å². The average Bonchev–Trinajstić information content (AvgIpc) is 2.16. The molecule has 1 aliphatic rings. The van der Waals surface area contributed by atoms with Crippen molar-refractivity contribution in [3.05, 3.63) is 0 Å². The minimum atomic E-state index is 0.567. The molecule has 2 unspecified atom stereocenters.